The van der Waals surface area contributed by atoms with Crippen molar-refractivity contribution >= 4 is 23.7 Å². The summed E-state index contributed by atoms with van der Waals surface area (Å²) in [5.74, 6) is 0.304. The minimum atomic E-state index is -1.92. The van der Waals surface area contributed by atoms with Crippen LogP contribution < -0.4 is 14.9 Å². The number of hydrazone groups is 1. The number of methoxy groups -OCH3 is 1. The van der Waals surface area contributed by atoms with Gasteiger partial charge in [-0.05, 0) is 24.1 Å². The molecule has 3 aromatic carbocycles. The molecule has 0 spiro atoms. The van der Waals surface area contributed by atoms with E-state index in [-0.39, 0.29) is 0 Å². The number of carbonyl (C=O) groups excluding carboxylic acids is 1. The normalized spacial score (nSPS) is 11.4. The number of nitrogens with zero attached hydrogens (tertiary/aromatic N) is 1. The lowest BCUT2D eigenvalue weighted by molar-refractivity contribution is -0.136. The summed E-state index contributed by atoms with van der Waals surface area (Å²) in [6.07, 6.45) is 1.38. The Balaban J connectivity index is 1.88. The largest absolute Gasteiger partial charge is 0.493 e. The molecule has 31 heavy (non-hydrogen) atoms. The van der Waals surface area contributed by atoms with Crippen LogP contribution in [-0.2, 0) is 10.4 Å². The first-order valence-corrected chi connectivity index (χ1v) is 10.1. The van der Waals surface area contributed by atoms with Gasteiger partial charge >= 0.3 is 0 Å². The van der Waals surface area contributed by atoms with Gasteiger partial charge in [-0.25, -0.2) is 5.43 Å². The molecule has 3 aromatic rings. The third-order valence-electron chi connectivity index (χ3n) is 4.66. The van der Waals surface area contributed by atoms with Crippen LogP contribution in [-0.4, -0.2) is 30.9 Å². The van der Waals surface area contributed by atoms with Crippen LogP contribution >= 0.6 is 11.6 Å². The van der Waals surface area contributed by atoms with Crippen LogP contribution in [0.5, 0.6) is 11.5 Å². The number of aliphatic hydroxyl groups is 1. The molecule has 0 aromatic heterocycles. The predicted molar refractivity (Wildman–Crippen MR) is 121 cm³/mol. The van der Waals surface area contributed by atoms with Crippen LogP contribution in [0.1, 0.15) is 23.6 Å². The van der Waals surface area contributed by atoms with E-state index >= 15 is 0 Å². The molecule has 0 atom stereocenters. The number of ether oxygens (including phenoxy) is 2. The molecule has 7 heteroatoms. The quantitative estimate of drug-likeness (QED) is 0.409. The maximum absolute atomic E-state index is 13.1. The Bertz CT molecular complexity index is 1020. The van der Waals surface area contributed by atoms with Gasteiger partial charge in [-0.1, -0.05) is 72.3 Å². The van der Waals surface area contributed by atoms with Crippen molar-refractivity contribution < 1.29 is 19.4 Å². The van der Waals surface area contributed by atoms with Crippen molar-refractivity contribution in [1.82, 2.24) is 5.43 Å². The molecule has 6 nitrogen and oxygen atoms in total. The molecule has 0 saturated carbocycles. The molecule has 0 unspecified atom stereocenters. The van der Waals surface area contributed by atoms with Gasteiger partial charge in [-0.3, -0.25) is 4.79 Å². The smallest absolute Gasteiger partial charge is 0.281 e. The molecule has 1 amide bonds. The van der Waals surface area contributed by atoms with Gasteiger partial charge in [0.15, 0.2) is 17.1 Å². The van der Waals surface area contributed by atoms with Crippen molar-refractivity contribution in [2.24, 2.45) is 5.10 Å². The Morgan fingerprint density at radius 2 is 1.65 bits per heavy atom. The van der Waals surface area contributed by atoms with E-state index in [0.717, 1.165) is 0 Å². The molecule has 0 aliphatic carbocycles. The van der Waals surface area contributed by atoms with E-state index in [4.69, 9.17) is 21.1 Å². The van der Waals surface area contributed by atoms with E-state index in [2.05, 4.69) is 10.5 Å². The zero-order valence-corrected chi connectivity index (χ0v) is 18.0. The Hall–Kier alpha value is -3.35. The lowest BCUT2D eigenvalue weighted by Crippen LogP contribution is -2.43. The fourth-order valence-corrected chi connectivity index (χ4v) is 3.31. The minimum absolute atomic E-state index is 0.378. The molecule has 160 valence electrons. The fourth-order valence-electron chi connectivity index (χ4n) is 3.11. The highest BCUT2D eigenvalue weighted by Crippen LogP contribution is 2.33. The van der Waals surface area contributed by atoms with E-state index in [1.54, 1.807) is 60.7 Å². The second kappa shape index (κ2) is 10.1. The number of amides is 1. The molecule has 0 saturated heterocycles. The van der Waals surface area contributed by atoms with Crippen LogP contribution in [0.4, 0.5) is 0 Å². The van der Waals surface area contributed by atoms with Gasteiger partial charge in [0.25, 0.3) is 5.91 Å². The highest BCUT2D eigenvalue weighted by atomic mass is 35.5. The van der Waals surface area contributed by atoms with Crippen molar-refractivity contribution in [3.63, 3.8) is 0 Å². The minimum Gasteiger partial charge on any atom is -0.493 e. The Kier molecular flexibility index (Phi) is 7.28. The highest BCUT2D eigenvalue weighted by Gasteiger charge is 2.39. The fraction of sp³-hybridized carbons (Fsp3) is 0.167. The highest BCUT2D eigenvalue weighted by molar-refractivity contribution is 6.33. The van der Waals surface area contributed by atoms with Crippen molar-refractivity contribution in [2.75, 3.05) is 13.7 Å². The molecular formula is C24H23ClN2O4. The van der Waals surface area contributed by atoms with Crippen LogP contribution in [0.3, 0.4) is 0 Å². The van der Waals surface area contributed by atoms with Crippen molar-refractivity contribution in [3.8, 4) is 11.5 Å². The van der Waals surface area contributed by atoms with Gasteiger partial charge in [0.05, 0.1) is 25.0 Å². The lowest BCUT2D eigenvalue weighted by Gasteiger charge is -2.27. The summed E-state index contributed by atoms with van der Waals surface area (Å²) >= 11 is 6.30. The van der Waals surface area contributed by atoms with Crippen LogP contribution in [0.25, 0.3) is 0 Å². The zero-order chi connectivity index (χ0) is 22.3. The maximum atomic E-state index is 13.1. The Morgan fingerprint density at radius 1 is 1.06 bits per heavy atom. The van der Waals surface area contributed by atoms with Gasteiger partial charge in [-0.15, -0.1) is 0 Å². The average Bonchev–Trinajstić information content (AvgIpc) is 2.81. The Morgan fingerprint density at radius 3 is 2.16 bits per heavy atom. The lowest BCUT2D eigenvalue weighted by atomic mass is 9.85. The number of benzene rings is 3. The van der Waals surface area contributed by atoms with E-state index < -0.39 is 11.5 Å². The summed E-state index contributed by atoms with van der Waals surface area (Å²) in [6.45, 7) is 2.33. The van der Waals surface area contributed by atoms with Crippen molar-refractivity contribution in [2.45, 2.75) is 12.5 Å². The van der Waals surface area contributed by atoms with Gasteiger partial charge < -0.3 is 14.6 Å². The first kappa shape index (κ1) is 22.3. The van der Waals surface area contributed by atoms with Gasteiger partial charge in [0, 0.05) is 11.6 Å². The van der Waals surface area contributed by atoms with Gasteiger partial charge in [-0.2, -0.15) is 5.10 Å². The predicted octanol–water partition coefficient (Wildman–Crippen LogP) is 4.13. The second-order valence-corrected chi connectivity index (χ2v) is 7.01. The number of carbonyl (C=O) groups is 1. The first-order valence-electron chi connectivity index (χ1n) is 9.68. The summed E-state index contributed by atoms with van der Waals surface area (Å²) in [6, 6.07) is 20.7. The molecule has 0 radical (unpaired) electrons. The number of halogens is 1. The summed E-state index contributed by atoms with van der Waals surface area (Å²) in [5, 5.41) is 15.8. The van der Waals surface area contributed by atoms with Crippen LogP contribution in [0.2, 0.25) is 5.02 Å². The molecule has 0 aliphatic rings. The number of rotatable bonds is 8. The summed E-state index contributed by atoms with van der Waals surface area (Å²) in [5.41, 5.74) is 1.88. The van der Waals surface area contributed by atoms with Crippen molar-refractivity contribution in [3.05, 3.63) is 94.5 Å². The monoisotopic (exact) mass is 438 g/mol. The van der Waals surface area contributed by atoms with E-state index in [0.29, 0.717) is 39.8 Å². The molecule has 2 N–H and O–H groups in total. The first-order chi connectivity index (χ1) is 15.0. The van der Waals surface area contributed by atoms with Gasteiger partial charge in [0.2, 0.25) is 0 Å². The summed E-state index contributed by atoms with van der Waals surface area (Å²) in [7, 11) is 1.52. The maximum Gasteiger partial charge on any atom is 0.281 e. The zero-order valence-electron chi connectivity index (χ0n) is 17.2. The molecule has 0 bridgehead atoms. The average molecular weight is 439 g/mol. The molecular weight excluding hydrogens is 416 g/mol. The van der Waals surface area contributed by atoms with E-state index in [9.17, 15) is 9.90 Å². The molecule has 0 aliphatic heterocycles. The number of hydrogen-bond donors (Lipinski definition) is 2. The standard InChI is InChI=1S/C24H23ClN2O4/c1-3-31-22-15-20(25)17(14-21(22)30-2)16-26-27-23(28)24(29,18-10-6-4-7-11-18)19-12-8-5-9-13-19/h4-16,29H,3H2,1-2H3,(H,27,28)/b26-16-. The van der Waals surface area contributed by atoms with Crippen LogP contribution in [0, 0.1) is 0 Å². The SMILES string of the molecule is CCOc1cc(Cl)c(/C=N\NC(=O)C(O)(c2ccccc2)c2ccccc2)cc1OC. The summed E-state index contributed by atoms with van der Waals surface area (Å²) < 4.78 is 10.8. The van der Waals surface area contributed by atoms with E-state index in [1.165, 1.54) is 13.3 Å². The van der Waals surface area contributed by atoms with E-state index in [1.807, 2.05) is 19.1 Å². The molecule has 0 fully saturated rings. The van der Waals surface area contributed by atoms with Crippen molar-refractivity contribution in [1.29, 1.82) is 0 Å². The third-order valence-corrected chi connectivity index (χ3v) is 4.99. The Labute approximate surface area is 186 Å². The molecule has 0 heterocycles. The van der Waals surface area contributed by atoms with Crippen LogP contribution in [0.15, 0.2) is 77.9 Å². The third kappa shape index (κ3) is 4.87. The second-order valence-electron chi connectivity index (χ2n) is 6.60. The van der Waals surface area contributed by atoms with Gasteiger partial charge in [0.1, 0.15) is 0 Å². The summed E-state index contributed by atoms with van der Waals surface area (Å²) in [4.78, 5) is 13.1. The number of hydrogen-bond acceptors (Lipinski definition) is 5. The topological polar surface area (TPSA) is 80.2 Å². The number of nitrogens with one attached hydrogen (secondary N) is 1. The molecule has 3 rings (SSSR count).